The van der Waals surface area contributed by atoms with Crippen LogP contribution in [0.25, 0.3) is 0 Å². The van der Waals surface area contributed by atoms with Gasteiger partial charge in [0.2, 0.25) is 11.1 Å². The third kappa shape index (κ3) is 4.62. The van der Waals surface area contributed by atoms with Crippen molar-refractivity contribution in [2.75, 3.05) is 5.75 Å². The summed E-state index contributed by atoms with van der Waals surface area (Å²) >= 11 is 3.06. The fourth-order valence-electron chi connectivity index (χ4n) is 3.59. The van der Waals surface area contributed by atoms with Gasteiger partial charge in [-0.15, -0.1) is 16.4 Å². The second-order valence-electron chi connectivity index (χ2n) is 6.91. The van der Waals surface area contributed by atoms with Crippen LogP contribution in [0.15, 0.2) is 53.0 Å². The molecule has 1 aliphatic carbocycles. The lowest BCUT2D eigenvalue weighted by Gasteiger charge is -2.22. The Hall–Kier alpha value is -2.19. The standard InChI is InChI=1S/C20H23N5OS2/c26-18(14-28-20-22-23-24-25(20)16-10-5-2-6-11-16)21-19(17-12-7-13-27-17)15-8-3-1-4-9-15/h1,3-4,7-9,12-13,16,19H,2,5-6,10-11,14H2,(H,21,26)/t19-/m1/s1. The molecule has 28 heavy (non-hydrogen) atoms. The Kier molecular flexibility index (Phi) is 6.38. The minimum Gasteiger partial charge on any atom is -0.344 e. The molecule has 4 rings (SSSR count). The Morgan fingerprint density at radius 1 is 1.18 bits per heavy atom. The van der Waals surface area contributed by atoms with Gasteiger partial charge in [-0.05, 0) is 40.3 Å². The Balaban J connectivity index is 1.40. The van der Waals surface area contributed by atoms with E-state index in [2.05, 4.69) is 26.9 Å². The molecular formula is C20H23N5OS2. The molecule has 1 amide bonds. The summed E-state index contributed by atoms with van der Waals surface area (Å²) in [5.41, 5.74) is 1.08. The average Bonchev–Trinajstić information content (AvgIpc) is 3.44. The molecule has 0 saturated heterocycles. The van der Waals surface area contributed by atoms with Crippen LogP contribution in [0.2, 0.25) is 0 Å². The molecule has 6 nitrogen and oxygen atoms in total. The van der Waals surface area contributed by atoms with Crippen LogP contribution in [-0.2, 0) is 4.79 Å². The summed E-state index contributed by atoms with van der Waals surface area (Å²) in [4.78, 5) is 13.8. The first-order valence-electron chi connectivity index (χ1n) is 9.59. The first-order chi connectivity index (χ1) is 13.8. The maximum atomic E-state index is 12.7. The summed E-state index contributed by atoms with van der Waals surface area (Å²) in [6.45, 7) is 0. The van der Waals surface area contributed by atoms with Gasteiger partial charge in [-0.3, -0.25) is 4.79 Å². The second kappa shape index (κ2) is 9.34. The summed E-state index contributed by atoms with van der Waals surface area (Å²) in [7, 11) is 0. The highest BCUT2D eigenvalue weighted by molar-refractivity contribution is 7.99. The molecule has 1 aliphatic rings. The van der Waals surface area contributed by atoms with E-state index in [9.17, 15) is 4.79 Å². The lowest BCUT2D eigenvalue weighted by atomic mass is 9.96. The number of carbonyl (C=O) groups is 1. The fourth-order valence-corrected chi connectivity index (χ4v) is 5.15. The van der Waals surface area contributed by atoms with E-state index in [1.54, 1.807) is 11.3 Å². The smallest absolute Gasteiger partial charge is 0.231 e. The first-order valence-corrected chi connectivity index (χ1v) is 11.5. The predicted octanol–water partition coefficient (Wildman–Crippen LogP) is 4.24. The number of tetrazole rings is 1. The van der Waals surface area contributed by atoms with Gasteiger partial charge in [-0.2, -0.15) is 0 Å². The van der Waals surface area contributed by atoms with E-state index in [0.29, 0.717) is 11.8 Å². The van der Waals surface area contributed by atoms with E-state index in [-0.39, 0.29) is 11.9 Å². The van der Waals surface area contributed by atoms with Crippen molar-refractivity contribution in [1.82, 2.24) is 25.5 Å². The molecule has 0 radical (unpaired) electrons. The van der Waals surface area contributed by atoms with Crippen molar-refractivity contribution in [3.63, 3.8) is 0 Å². The quantitative estimate of drug-likeness (QED) is 0.587. The molecule has 1 aromatic carbocycles. The van der Waals surface area contributed by atoms with Gasteiger partial charge in [0.05, 0.1) is 17.8 Å². The maximum Gasteiger partial charge on any atom is 0.231 e. The topological polar surface area (TPSA) is 72.7 Å². The van der Waals surface area contributed by atoms with Crippen molar-refractivity contribution in [1.29, 1.82) is 0 Å². The number of hydrogen-bond donors (Lipinski definition) is 1. The number of nitrogens with zero attached hydrogens (tertiary/aromatic N) is 4. The molecule has 0 aliphatic heterocycles. The van der Waals surface area contributed by atoms with Crippen molar-refractivity contribution in [2.45, 2.75) is 49.3 Å². The normalized spacial score (nSPS) is 16.0. The maximum absolute atomic E-state index is 12.7. The molecule has 3 aromatic rings. The summed E-state index contributed by atoms with van der Waals surface area (Å²) in [6, 6.07) is 14.3. The van der Waals surface area contributed by atoms with Crippen LogP contribution in [-0.4, -0.2) is 31.9 Å². The minimum atomic E-state index is -0.136. The number of aromatic nitrogens is 4. The van der Waals surface area contributed by atoms with Crippen LogP contribution in [0.4, 0.5) is 0 Å². The Morgan fingerprint density at radius 3 is 2.75 bits per heavy atom. The van der Waals surface area contributed by atoms with Gasteiger partial charge in [0.1, 0.15) is 0 Å². The first kappa shape index (κ1) is 19.1. The minimum absolute atomic E-state index is 0.0227. The van der Waals surface area contributed by atoms with Crippen LogP contribution in [0.3, 0.4) is 0 Å². The van der Waals surface area contributed by atoms with E-state index in [1.807, 2.05) is 46.5 Å². The molecule has 2 aromatic heterocycles. The number of rotatable bonds is 7. The molecule has 8 heteroatoms. The monoisotopic (exact) mass is 413 g/mol. The Bertz CT molecular complexity index is 875. The highest BCUT2D eigenvalue weighted by Gasteiger charge is 2.22. The zero-order valence-electron chi connectivity index (χ0n) is 15.5. The van der Waals surface area contributed by atoms with Gasteiger partial charge in [-0.1, -0.05) is 67.4 Å². The number of carbonyl (C=O) groups excluding carboxylic acids is 1. The molecule has 0 spiro atoms. The van der Waals surface area contributed by atoms with E-state index in [0.717, 1.165) is 28.4 Å². The van der Waals surface area contributed by atoms with Crippen LogP contribution in [0, 0.1) is 0 Å². The zero-order chi connectivity index (χ0) is 19.2. The summed E-state index contributed by atoms with van der Waals surface area (Å²) < 4.78 is 1.91. The summed E-state index contributed by atoms with van der Waals surface area (Å²) in [5.74, 6) is 0.271. The highest BCUT2D eigenvalue weighted by Crippen LogP contribution is 2.30. The molecule has 1 fully saturated rings. The molecule has 146 valence electrons. The van der Waals surface area contributed by atoms with Crippen LogP contribution >= 0.6 is 23.1 Å². The SMILES string of the molecule is O=C(CSc1nnnn1C1CCCCC1)N[C@H](c1ccccc1)c1cccs1. The third-order valence-electron chi connectivity index (χ3n) is 4.98. The lowest BCUT2D eigenvalue weighted by Crippen LogP contribution is -2.30. The summed E-state index contributed by atoms with van der Waals surface area (Å²) in [6.07, 6.45) is 5.94. The molecular weight excluding hydrogens is 390 g/mol. The number of thioether (sulfide) groups is 1. The lowest BCUT2D eigenvalue weighted by molar-refractivity contribution is -0.119. The van der Waals surface area contributed by atoms with Crippen molar-refractivity contribution < 1.29 is 4.79 Å². The van der Waals surface area contributed by atoms with Gasteiger partial charge in [-0.25, -0.2) is 4.68 Å². The van der Waals surface area contributed by atoms with Crippen molar-refractivity contribution >= 4 is 29.0 Å². The van der Waals surface area contributed by atoms with Crippen LogP contribution in [0.5, 0.6) is 0 Å². The van der Waals surface area contributed by atoms with Crippen LogP contribution in [0.1, 0.15) is 54.6 Å². The molecule has 0 unspecified atom stereocenters. The van der Waals surface area contributed by atoms with Gasteiger partial charge in [0, 0.05) is 4.88 Å². The van der Waals surface area contributed by atoms with Crippen LogP contribution < -0.4 is 5.32 Å². The van der Waals surface area contributed by atoms with Gasteiger partial charge in [0.25, 0.3) is 0 Å². The molecule has 2 heterocycles. The Labute approximate surface area is 172 Å². The summed E-state index contributed by atoms with van der Waals surface area (Å²) in [5, 5.41) is 18.1. The van der Waals surface area contributed by atoms with E-state index >= 15 is 0 Å². The molecule has 1 N–H and O–H groups in total. The van der Waals surface area contributed by atoms with Gasteiger partial charge in [0.15, 0.2) is 0 Å². The number of thiophene rings is 1. The largest absolute Gasteiger partial charge is 0.344 e. The van der Waals surface area contributed by atoms with Crippen molar-refractivity contribution in [3.8, 4) is 0 Å². The number of nitrogens with one attached hydrogen (secondary N) is 1. The molecule has 0 bridgehead atoms. The number of amides is 1. The molecule has 1 atom stereocenters. The van der Waals surface area contributed by atoms with E-state index in [1.165, 1.54) is 31.0 Å². The number of benzene rings is 1. The fraction of sp³-hybridized carbons (Fsp3) is 0.400. The van der Waals surface area contributed by atoms with Crippen molar-refractivity contribution in [2.24, 2.45) is 0 Å². The zero-order valence-corrected chi connectivity index (χ0v) is 17.2. The highest BCUT2D eigenvalue weighted by atomic mass is 32.2. The molecule has 1 saturated carbocycles. The second-order valence-corrected chi connectivity index (χ2v) is 8.83. The Morgan fingerprint density at radius 2 is 2.00 bits per heavy atom. The van der Waals surface area contributed by atoms with E-state index < -0.39 is 0 Å². The van der Waals surface area contributed by atoms with Crippen molar-refractivity contribution in [3.05, 3.63) is 58.3 Å². The van der Waals surface area contributed by atoms with E-state index in [4.69, 9.17) is 0 Å². The van der Waals surface area contributed by atoms with Gasteiger partial charge < -0.3 is 5.32 Å². The van der Waals surface area contributed by atoms with Gasteiger partial charge >= 0.3 is 0 Å². The average molecular weight is 414 g/mol. The predicted molar refractivity (Wildman–Crippen MR) is 111 cm³/mol. The number of hydrogen-bond acceptors (Lipinski definition) is 6. The third-order valence-corrected chi connectivity index (χ3v) is 6.85.